The zero-order valence-corrected chi connectivity index (χ0v) is 12.2. The molecule has 0 saturated heterocycles. The van der Waals surface area contributed by atoms with Gasteiger partial charge in [-0.15, -0.1) is 5.10 Å². The maximum Gasteiger partial charge on any atom is 0.344 e. The first-order valence-corrected chi connectivity index (χ1v) is 6.77. The van der Waals surface area contributed by atoms with Gasteiger partial charge in [0, 0.05) is 13.1 Å². The number of rotatable bonds is 4. The molecule has 102 valence electrons. The maximum atomic E-state index is 11.6. The molecule has 0 atom stereocenters. The Morgan fingerprint density at radius 3 is 2.89 bits per heavy atom. The van der Waals surface area contributed by atoms with Crippen molar-refractivity contribution in [2.75, 3.05) is 12.4 Å². The Morgan fingerprint density at radius 2 is 2.26 bits per heavy atom. The van der Waals surface area contributed by atoms with Crippen LogP contribution in [0.4, 0.5) is 5.95 Å². The van der Waals surface area contributed by atoms with Gasteiger partial charge in [0.05, 0.1) is 11.2 Å². The van der Waals surface area contributed by atoms with Crippen LogP contribution in [0.5, 0.6) is 0 Å². The average Bonchev–Trinajstić information content (AvgIpc) is 2.73. The van der Waals surface area contributed by atoms with Crippen LogP contribution in [0, 0.1) is 0 Å². The first kappa shape index (κ1) is 13.9. The van der Waals surface area contributed by atoms with Crippen molar-refractivity contribution >= 4 is 29.3 Å². The van der Waals surface area contributed by atoms with Crippen LogP contribution in [0.15, 0.2) is 21.2 Å². The van der Waals surface area contributed by atoms with E-state index in [1.54, 1.807) is 11.6 Å². The smallest absolute Gasteiger partial charge is 0.344 e. The second kappa shape index (κ2) is 5.62. The lowest BCUT2D eigenvalue weighted by Gasteiger charge is -2.09. The molecule has 0 bridgehead atoms. The molecule has 0 aliphatic rings. The topological polar surface area (TPSA) is 88.5 Å². The minimum absolute atomic E-state index is 0.00173. The molecule has 9 heteroatoms. The van der Waals surface area contributed by atoms with Crippen LogP contribution in [-0.2, 0) is 0 Å². The quantitative estimate of drug-likeness (QED) is 0.837. The van der Waals surface area contributed by atoms with Crippen LogP contribution in [0.3, 0.4) is 0 Å². The van der Waals surface area contributed by atoms with E-state index < -0.39 is 0 Å². The lowest BCUT2D eigenvalue weighted by molar-refractivity contribution is 0.534. The molecule has 2 N–H and O–H groups in total. The summed E-state index contributed by atoms with van der Waals surface area (Å²) in [7, 11) is 1.72. The number of H-pyrrole nitrogens is 1. The summed E-state index contributed by atoms with van der Waals surface area (Å²) in [5.41, 5.74) is -0.253. The van der Waals surface area contributed by atoms with Gasteiger partial charge in [0.1, 0.15) is 5.03 Å². The van der Waals surface area contributed by atoms with E-state index in [9.17, 15) is 4.79 Å². The average molecular weight is 301 g/mol. The minimum Gasteiger partial charge on any atom is -0.357 e. The Balaban J connectivity index is 2.39. The van der Waals surface area contributed by atoms with E-state index >= 15 is 0 Å². The summed E-state index contributed by atoms with van der Waals surface area (Å²) in [5, 5.41) is 10.7. The number of nitrogens with zero attached hydrogens (tertiary/aromatic N) is 4. The summed E-state index contributed by atoms with van der Waals surface area (Å²) in [6.45, 7) is 3.81. The van der Waals surface area contributed by atoms with Gasteiger partial charge in [-0.3, -0.25) is 4.57 Å². The maximum absolute atomic E-state index is 11.6. The standard InChI is InChI=1S/C10H13ClN6OS/c1-5(2)17-9(18)15-16-10(17)19-7-6(11)4-13-8(12-3)14-7/h4-5H,1-3H3,(H,15,18)(H,12,13,14). The molecule has 7 nitrogen and oxygen atoms in total. The van der Waals surface area contributed by atoms with Crippen molar-refractivity contribution in [1.82, 2.24) is 24.7 Å². The highest BCUT2D eigenvalue weighted by molar-refractivity contribution is 7.99. The van der Waals surface area contributed by atoms with Crippen molar-refractivity contribution < 1.29 is 0 Å². The van der Waals surface area contributed by atoms with Gasteiger partial charge in [-0.05, 0) is 25.6 Å². The molecule has 0 amide bonds. The van der Waals surface area contributed by atoms with Gasteiger partial charge in [-0.1, -0.05) is 11.6 Å². The van der Waals surface area contributed by atoms with E-state index in [0.29, 0.717) is 21.2 Å². The third-order valence-electron chi connectivity index (χ3n) is 2.31. The van der Waals surface area contributed by atoms with E-state index in [2.05, 4.69) is 25.5 Å². The zero-order chi connectivity index (χ0) is 14.0. The molecular formula is C10H13ClN6OS. The second-order valence-electron chi connectivity index (χ2n) is 3.97. The zero-order valence-electron chi connectivity index (χ0n) is 10.6. The van der Waals surface area contributed by atoms with Crippen LogP contribution >= 0.6 is 23.4 Å². The molecule has 19 heavy (non-hydrogen) atoms. The fourth-order valence-electron chi connectivity index (χ4n) is 1.45. The number of aromatic amines is 1. The van der Waals surface area contributed by atoms with Crippen molar-refractivity contribution in [2.45, 2.75) is 30.1 Å². The number of halogens is 1. The molecule has 0 aliphatic heterocycles. The van der Waals surface area contributed by atoms with Crippen LogP contribution in [0.25, 0.3) is 0 Å². The number of nitrogens with one attached hydrogen (secondary N) is 2. The van der Waals surface area contributed by atoms with Crippen molar-refractivity contribution in [1.29, 1.82) is 0 Å². The molecule has 0 spiro atoms. The highest BCUT2D eigenvalue weighted by atomic mass is 35.5. The summed E-state index contributed by atoms with van der Waals surface area (Å²) >= 11 is 7.26. The highest BCUT2D eigenvalue weighted by Crippen LogP contribution is 2.30. The van der Waals surface area contributed by atoms with Crippen LogP contribution in [0.2, 0.25) is 5.02 Å². The van der Waals surface area contributed by atoms with Crippen molar-refractivity contribution in [3.05, 3.63) is 21.7 Å². The highest BCUT2D eigenvalue weighted by Gasteiger charge is 2.15. The van der Waals surface area contributed by atoms with E-state index in [1.165, 1.54) is 18.0 Å². The first-order valence-electron chi connectivity index (χ1n) is 5.58. The molecule has 2 rings (SSSR count). The van der Waals surface area contributed by atoms with Crippen molar-refractivity contribution in [2.24, 2.45) is 0 Å². The summed E-state index contributed by atoms with van der Waals surface area (Å²) in [6.07, 6.45) is 1.51. The largest absolute Gasteiger partial charge is 0.357 e. The SMILES string of the molecule is CNc1ncc(Cl)c(Sc2n[nH]c(=O)n2C(C)C)n1. The fraction of sp³-hybridized carbons (Fsp3) is 0.400. The van der Waals surface area contributed by atoms with Gasteiger partial charge in [0.25, 0.3) is 0 Å². The Kier molecular flexibility index (Phi) is 4.11. The van der Waals surface area contributed by atoms with Crippen molar-refractivity contribution in [3.63, 3.8) is 0 Å². The Morgan fingerprint density at radius 1 is 1.53 bits per heavy atom. The van der Waals surface area contributed by atoms with Gasteiger partial charge in [-0.2, -0.15) is 0 Å². The van der Waals surface area contributed by atoms with Crippen LogP contribution in [0.1, 0.15) is 19.9 Å². The van der Waals surface area contributed by atoms with Gasteiger partial charge < -0.3 is 5.32 Å². The molecule has 0 aromatic carbocycles. The van der Waals surface area contributed by atoms with E-state index in [1.807, 2.05) is 13.8 Å². The van der Waals surface area contributed by atoms with Crippen molar-refractivity contribution in [3.8, 4) is 0 Å². The predicted octanol–water partition coefficient (Wildman–Crippen LogP) is 1.79. The Labute approximate surface area is 118 Å². The van der Waals surface area contributed by atoms with E-state index in [4.69, 9.17) is 11.6 Å². The molecule has 2 heterocycles. The van der Waals surface area contributed by atoms with Gasteiger partial charge in [-0.25, -0.2) is 19.9 Å². The molecule has 0 fully saturated rings. The summed E-state index contributed by atoms with van der Waals surface area (Å²) in [4.78, 5) is 19.9. The Hall–Kier alpha value is -1.54. The lowest BCUT2D eigenvalue weighted by atomic mass is 10.4. The first-order chi connectivity index (χ1) is 9.02. The molecule has 0 radical (unpaired) electrons. The molecule has 0 aliphatic carbocycles. The van der Waals surface area contributed by atoms with Crippen LogP contribution in [-0.4, -0.2) is 31.8 Å². The summed E-state index contributed by atoms with van der Waals surface area (Å²) in [5.74, 6) is 0.459. The molecular weight excluding hydrogens is 288 g/mol. The predicted molar refractivity (Wildman–Crippen MR) is 73.9 cm³/mol. The van der Waals surface area contributed by atoms with Gasteiger partial charge in [0.2, 0.25) is 5.95 Å². The molecule has 0 unspecified atom stereocenters. The fourth-order valence-corrected chi connectivity index (χ4v) is 2.59. The third-order valence-corrected chi connectivity index (χ3v) is 3.68. The van der Waals surface area contributed by atoms with E-state index in [0.717, 1.165) is 0 Å². The number of aromatic nitrogens is 5. The molecule has 2 aromatic rings. The monoisotopic (exact) mass is 300 g/mol. The van der Waals surface area contributed by atoms with Gasteiger partial charge in [0.15, 0.2) is 5.16 Å². The lowest BCUT2D eigenvalue weighted by Crippen LogP contribution is -2.19. The van der Waals surface area contributed by atoms with E-state index in [-0.39, 0.29) is 11.7 Å². The molecule has 2 aromatic heterocycles. The van der Waals surface area contributed by atoms with Gasteiger partial charge >= 0.3 is 5.69 Å². The Bertz CT molecular complexity index is 637. The number of hydrogen-bond acceptors (Lipinski definition) is 6. The second-order valence-corrected chi connectivity index (χ2v) is 5.34. The summed E-state index contributed by atoms with van der Waals surface area (Å²) < 4.78 is 1.54. The normalized spacial score (nSPS) is 11.0. The number of hydrogen-bond donors (Lipinski definition) is 2. The minimum atomic E-state index is -0.253. The van der Waals surface area contributed by atoms with Crippen LogP contribution < -0.4 is 11.0 Å². The number of anilines is 1. The summed E-state index contributed by atoms with van der Waals surface area (Å²) in [6, 6.07) is -0.00173. The molecule has 0 saturated carbocycles. The third kappa shape index (κ3) is 2.90.